The van der Waals surface area contributed by atoms with Gasteiger partial charge in [0.05, 0.1) is 6.20 Å². The van der Waals surface area contributed by atoms with E-state index in [9.17, 15) is 4.79 Å². The SMILES string of the molecule is Cc1[nH]ncc1-c1ccc2cc(C(=O)N3C[C@H]4CC[C@@H](C3)NC4)ccc2c1. The molecule has 138 valence electrons. The number of hydrogen-bond acceptors (Lipinski definition) is 3. The summed E-state index contributed by atoms with van der Waals surface area (Å²) in [5, 5.41) is 12.9. The van der Waals surface area contributed by atoms with Gasteiger partial charge in [0.1, 0.15) is 0 Å². The normalized spacial score (nSPS) is 22.2. The Balaban J connectivity index is 1.44. The molecule has 27 heavy (non-hydrogen) atoms. The van der Waals surface area contributed by atoms with Crippen molar-refractivity contribution in [2.24, 2.45) is 5.92 Å². The van der Waals surface area contributed by atoms with Gasteiger partial charge in [0.2, 0.25) is 0 Å². The van der Waals surface area contributed by atoms with Crippen LogP contribution in [0.15, 0.2) is 42.6 Å². The molecule has 1 aromatic heterocycles. The topological polar surface area (TPSA) is 61.0 Å². The van der Waals surface area contributed by atoms with E-state index in [1.807, 2.05) is 30.2 Å². The smallest absolute Gasteiger partial charge is 0.253 e. The van der Waals surface area contributed by atoms with Crippen LogP contribution in [-0.2, 0) is 0 Å². The van der Waals surface area contributed by atoms with Crippen molar-refractivity contribution in [3.05, 3.63) is 53.9 Å². The number of piperidine rings is 1. The number of aryl methyl sites for hydroxylation is 1. The fraction of sp³-hybridized carbons (Fsp3) is 0.364. The van der Waals surface area contributed by atoms with Crippen LogP contribution in [0.1, 0.15) is 28.9 Å². The molecule has 5 heteroatoms. The maximum absolute atomic E-state index is 13.1. The first-order valence-electron chi connectivity index (χ1n) is 9.74. The van der Waals surface area contributed by atoms with Gasteiger partial charge in [-0.25, -0.2) is 0 Å². The van der Waals surface area contributed by atoms with Crippen LogP contribution in [-0.4, -0.2) is 46.7 Å². The zero-order valence-corrected chi connectivity index (χ0v) is 15.5. The number of nitrogens with one attached hydrogen (secondary N) is 2. The Morgan fingerprint density at radius 1 is 1.11 bits per heavy atom. The third kappa shape index (κ3) is 3.02. The average Bonchev–Trinajstić information content (AvgIpc) is 2.91. The molecule has 3 aromatic rings. The van der Waals surface area contributed by atoms with E-state index in [-0.39, 0.29) is 5.91 Å². The molecule has 3 aliphatic rings. The van der Waals surface area contributed by atoms with Crippen molar-refractivity contribution in [3.8, 4) is 11.1 Å². The van der Waals surface area contributed by atoms with E-state index in [1.54, 1.807) is 0 Å². The van der Waals surface area contributed by atoms with E-state index in [2.05, 4.69) is 39.8 Å². The van der Waals surface area contributed by atoms with E-state index in [0.29, 0.717) is 12.0 Å². The zero-order chi connectivity index (χ0) is 18.4. The maximum Gasteiger partial charge on any atom is 0.253 e. The first-order valence-corrected chi connectivity index (χ1v) is 9.74. The van der Waals surface area contributed by atoms with Crippen LogP contribution >= 0.6 is 0 Å². The van der Waals surface area contributed by atoms with Crippen molar-refractivity contribution in [2.75, 3.05) is 19.6 Å². The second-order valence-corrected chi connectivity index (χ2v) is 7.94. The molecule has 6 rings (SSSR count). The summed E-state index contributed by atoms with van der Waals surface area (Å²) in [5.74, 6) is 0.751. The second kappa shape index (κ2) is 6.50. The number of aromatic amines is 1. The van der Waals surface area contributed by atoms with Gasteiger partial charge >= 0.3 is 0 Å². The summed E-state index contributed by atoms with van der Waals surface area (Å²) in [6.07, 6.45) is 4.27. The molecule has 0 radical (unpaired) electrons. The van der Waals surface area contributed by atoms with E-state index >= 15 is 0 Å². The van der Waals surface area contributed by atoms with E-state index < -0.39 is 0 Å². The van der Waals surface area contributed by atoms with Gasteiger partial charge in [-0.15, -0.1) is 0 Å². The number of hydrogen-bond donors (Lipinski definition) is 2. The fourth-order valence-electron chi connectivity index (χ4n) is 4.47. The lowest BCUT2D eigenvalue weighted by Crippen LogP contribution is -2.40. The van der Waals surface area contributed by atoms with Crippen molar-refractivity contribution in [3.63, 3.8) is 0 Å². The average molecular weight is 360 g/mol. The Bertz CT molecular complexity index is 986. The van der Waals surface area contributed by atoms with Gasteiger partial charge in [-0.1, -0.05) is 18.2 Å². The van der Waals surface area contributed by atoms with Gasteiger partial charge in [-0.05, 0) is 66.8 Å². The predicted molar refractivity (Wildman–Crippen MR) is 107 cm³/mol. The van der Waals surface area contributed by atoms with Crippen LogP contribution in [0.2, 0.25) is 0 Å². The summed E-state index contributed by atoms with van der Waals surface area (Å²) in [6.45, 7) is 4.77. The van der Waals surface area contributed by atoms with Crippen LogP contribution in [0.25, 0.3) is 21.9 Å². The number of carbonyl (C=O) groups excluding carboxylic acids is 1. The Labute approximate surface area is 158 Å². The van der Waals surface area contributed by atoms with Crippen LogP contribution in [0.5, 0.6) is 0 Å². The van der Waals surface area contributed by atoms with Crippen molar-refractivity contribution in [1.82, 2.24) is 20.4 Å². The molecular weight excluding hydrogens is 336 g/mol. The molecule has 3 saturated heterocycles. The minimum atomic E-state index is 0.159. The molecule has 0 unspecified atom stereocenters. The quantitative estimate of drug-likeness (QED) is 0.737. The van der Waals surface area contributed by atoms with Gasteiger partial charge < -0.3 is 10.2 Å². The number of fused-ring (bicyclic) bond motifs is 5. The summed E-state index contributed by atoms with van der Waals surface area (Å²) in [5.41, 5.74) is 4.11. The number of benzene rings is 2. The fourth-order valence-corrected chi connectivity index (χ4v) is 4.47. The molecule has 0 spiro atoms. The Kier molecular flexibility index (Phi) is 3.97. The van der Waals surface area contributed by atoms with Gasteiger partial charge in [0.25, 0.3) is 5.91 Å². The summed E-state index contributed by atoms with van der Waals surface area (Å²) < 4.78 is 0. The lowest BCUT2D eigenvalue weighted by molar-refractivity contribution is 0.0749. The summed E-state index contributed by atoms with van der Waals surface area (Å²) in [6, 6.07) is 12.9. The number of rotatable bonds is 2. The van der Waals surface area contributed by atoms with Crippen LogP contribution in [0, 0.1) is 12.8 Å². The number of nitrogens with zero attached hydrogens (tertiary/aromatic N) is 2. The molecule has 0 saturated carbocycles. The highest BCUT2D eigenvalue weighted by molar-refractivity contribution is 5.99. The first-order chi connectivity index (χ1) is 13.2. The molecule has 2 N–H and O–H groups in total. The molecule has 5 nitrogen and oxygen atoms in total. The van der Waals surface area contributed by atoms with Gasteiger partial charge in [-0.2, -0.15) is 5.10 Å². The molecule has 2 bridgehead atoms. The number of aromatic nitrogens is 2. The third-order valence-corrected chi connectivity index (χ3v) is 6.05. The van der Waals surface area contributed by atoms with Crippen molar-refractivity contribution < 1.29 is 4.79 Å². The molecular formula is C22H24N4O. The van der Waals surface area contributed by atoms with Crippen LogP contribution in [0.4, 0.5) is 0 Å². The van der Waals surface area contributed by atoms with Crippen molar-refractivity contribution in [2.45, 2.75) is 25.8 Å². The predicted octanol–water partition coefficient (Wildman–Crippen LogP) is 3.36. The largest absolute Gasteiger partial charge is 0.337 e. The Morgan fingerprint density at radius 3 is 2.74 bits per heavy atom. The van der Waals surface area contributed by atoms with Crippen molar-refractivity contribution in [1.29, 1.82) is 0 Å². The maximum atomic E-state index is 13.1. The summed E-state index contributed by atoms with van der Waals surface area (Å²) in [4.78, 5) is 15.1. The Morgan fingerprint density at radius 2 is 1.96 bits per heavy atom. The van der Waals surface area contributed by atoms with Crippen LogP contribution in [0.3, 0.4) is 0 Å². The highest BCUT2D eigenvalue weighted by atomic mass is 16.2. The zero-order valence-electron chi connectivity index (χ0n) is 15.5. The monoisotopic (exact) mass is 360 g/mol. The standard InChI is InChI=1S/C22H24N4O/c1-14-21(11-24-25-14)18-5-3-17-9-19(6-4-16(17)8-18)22(27)26-12-15-2-7-20(13-26)23-10-15/h3-6,8-9,11,15,20,23H,2,7,10,12-13H2,1H3,(H,24,25)/t15-,20-/m0/s1. The molecule has 2 aromatic carbocycles. The third-order valence-electron chi connectivity index (χ3n) is 6.05. The van der Waals surface area contributed by atoms with Gasteiger partial charge in [-0.3, -0.25) is 9.89 Å². The number of H-pyrrole nitrogens is 1. The lowest BCUT2D eigenvalue weighted by atomic mass is 9.97. The lowest BCUT2D eigenvalue weighted by Gasteiger charge is -2.23. The van der Waals surface area contributed by atoms with E-state index in [0.717, 1.165) is 52.8 Å². The summed E-state index contributed by atoms with van der Waals surface area (Å²) in [7, 11) is 0. The van der Waals surface area contributed by atoms with E-state index in [4.69, 9.17) is 0 Å². The van der Waals surface area contributed by atoms with Crippen molar-refractivity contribution >= 4 is 16.7 Å². The molecule has 4 heterocycles. The minimum Gasteiger partial charge on any atom is -0.337 e. The molecule has 3 fully saturated rings. The van der Waals surface area contributed by atoms with Gasteiger partial charge in [0.15, 0.2) is 0 Å². The number of amides is 1. The molecule has 1 amide bonds. The second-order valence-electron chi connectivity index (χ2n) is 7.94. The highest BCUT2D eigenvalue weighted by Gasteiger charge is 2.31. The molecule has 3 aliphatic heterocycles. The molecule has 2 atom stereocenters. The van der Waals surface area contributed by atoms with Crippen LogP contribution < -0.4 is 5.32 Å². The van der Waals surface area contributed by atoms with Gasteiger partial charge in [0, 0.05) is 36.0 Å². The Hall–Kier alpha value is -2.66. The highest BCUT2D eigenvalue weighted by Crippen LogP contribution is 2.28. The number of carbonyl (C=O) groups is 1. The minimum absolute atomic E-state index is 0.159. The van der Waals surface area contributed by atoms with E-state index in [1.165, 1.54) is 12.8 Å². The summed E-state index contributed by atoms with van der Waals surface area (Å²) >= 11 is 0. The molecule has 0 aliphatic carbocycles. The first kappa shape index (κ1) is 16.5.